The first kappa shape index (κ1) is 23.8. The second kappa shape index (κ2) is 9.50. The maximum absolute atomic E-state index is 15.1. The van der Waals surface area contributed by atoms with Gasteiger partial charge in [-0.25, -0.2) is 13.9 Å². The van der Waals surface area contributed by atoms with Gasteiger partial charge in [-0.2, -0.15) is 5.10 Å². The molecule has 0 radical (unpaired) electrons. The number of carbonyl (C=O) groups excluding carboxylic acids is 1. The van der Waals surface area contributed by atoms with Gasteiger partial charge in [0.15, 0.2) is 18.4 Å². The lowest BCUT2D eigenvalue weighted by Crippen LogP contribution is -2.50. The highest BCUT2D eigenvalue weighted by atomic mass is 19.1. The van der Waals surface area contributed by atoms with Gasteiger partial charge >= 0.3 is 6.09 Å². The summed E-state index contributed by atoms with van der Waals surface area (Å²) in [4.78, 5) is 16.3. The van der Waals surface area contributed by atoms with E-state index in [1.54, 1.807) is 27.9 Å². The molecule has 1 aromatic heterocycles. The zero-order chi connectivity index (χ0) is 24.5. The number of methoxy groups -OCH3 is 1. The normalized spacial score (nSPS) is 14.5. The Bertz CT molecular complexity index is 1180. The second-order valence-corrected chi connectivity index (χ2v) is 9.40. The van der Waals surface area contributed by atoms with Crippen LogP contribution in [0.1, 0.15) is 26.3 Å². The second-order valence-electron chi connectivity index (χ2n) is 9.40. The Balaban J connectivity index is 1.53. The molecular weight excluding hydrogens is 439 g/mol. The number of benzene rings is 2. The highest BCUT2D eigenvalue weighted by molar-refractivity contribution is 5.84. The summed E-state index contributed by atoms with van der Waals surface area (Å²) in [6, 6.07) is 9.36. The van der Waals surface area contributed by atoms with Gasteiger partial charge in [0.2, 0.25) is 0 Å². The number of nitrogens with zero attached hydrogens (tertiary/aromatic N) is 4. The van der Waals surface area contributed by atoms with Gasteiger partial charge in [-0.3, -0.25) is 0 Å². The van der Waals surface area contributed by atoms with Crippen molar-refractivity contribution in [3.8, 4) is 11.4 Å². The maximum Gasteiger partial charge on any atom is 0.410 e. The number of ether oxygens (including phenoxy) is 3. The summed E-state index contributed by atoms with van der Waals surface area (Å²) in [5, 5.41) is 5.34. The average molecular weight is 471 g/mol. The molecule has 4 rings (SSSR count). The Morgan fingerprint density at radius 2 is 1.85 bits per heavy atom. The summed E-state index contributed by atoms with van der Waals surface area (Å²) in [7, 11) is 1.49. The van der Waals surface area contributed by atoms with Crippen LogP contribution in [0.25, 0.3) is 16.6 Å². The lowest BCUT2D eigenvalue weighted by Gasteiger charge is -2.36. The molecule has 3 aromatic rings. The fraction of sp³-hybridized carbons (Fsp3) is 0.440. The van der Waals surface area contributed by atoms with Gasteiger partial charge < -0.3 is 24.0 Å². The molecular formula is C25H31FN4O4. The van der Waals surface area contributed by atoms with Gasteiger partial charge in [-0.05, 0) is 63.6 Å². The molecule has 34 heavy (non-hydrogen) atoms. The van der Waals surface area contributed by atoms with Gasteiger partial charge in [-0.15, -0.1) is 0 Å². The first-order chi connectivity index (χ1) is 16.2. The van der Waals surface area contributed by atoms with Crippen LogP contribution in [0.3, 0.4) is 0 Å². The number of rotatable bonds is 5. The lowest BCUT2D eigenvalue weighted by atomic mass is 10.1. The summed E-state index contributed by atoms with van der Waals surface area (Å²) in [5.74, 6) is -0.366. The van der Waals surface area contributed by atoms with Crippen molar-refractivity contribution in [1.82, 2.24) is 14.7 Å². The van der Waals surface area contributed by atoms with E-state index in [2.05, 4.69) is 10.00 Å². The van der Waals surface area contributed by atoms with E-state index in [4.69, 9.17) is 14.2 Å². The average Bonchev–Trinajstić information content (AvgIpc) is 3.21. The van der Waals surface area contributed by atoms with Gasteiger partial charge in [0.05, 0.1) is 11.7 Å². The van der Waals surface area contributed by atoms with Crippen LogP contribution in [0.5, 0.6) is 5.75 Å². The highest BCUT2D eigenvalue weighted by Gasteiger charge is 2.26. The number of piperazine rings is 1. The van der Waals surface area contributed by atoms with Crippen molar-refractivity contribution < 1.29 is 23.4 Å². The smallest absolute Gasteiger partial charge is 0.410 e. The number of aromatic nitrogens is 2. The van der Waals surface area contributed by atoms with Gasteiger partial charge in [0, 0.05) is 44.4 Å². The zero-order valence-corrected chi connectivity index (χ0v) is 20.3. The van der Waals surface area contributed by atoms with Crippen molar-refractivity contribution in [1.29, 1.82) is 0 Å². The predicted octanol–water partition coefficient (Wildman–Crippen LogP) is 4.51. The van der Waals surface area contributed by atoms with Crippen LogP contribution in [0.4, 0.5) is 14.9 Å². The van der Waals surface area contributed by atoms with Crippen molar-refractivity contribution in [3.05, 3.63) is 47.9 Å². The van der Waals surface area contributed by atoms with Gasteiger partial charge in [-0.1, -0.05) is 0 Å². The Hall–Kier alpha value is -3.33. The molecule has 0 atom stereocenters. The fourth-order valence-electron chi connectivity index (χ4n) is 3.98. The summed E-state index contributed by atoms with van der Waals surface area (Å²) >= 11 is 0. The molecule has 1 saturated heterocycles. The summed E-state index contributed by atoms with van der Waals surface area (Å²) < 4.78 is 32.5. The lowest BCUT2D eigenvalue weighted by molar-refractivity contribution is 0.0240. The molecule has 9 heteroatoms. The van der Waals surface area contributed by atoms with E-state index in [0.717, 1.165) is 22.2 Å². The number of halogens is 1. The summed E-state index contributed by atoms with van der Waals surface area (Å²) in [5.41, 5.74) is 2.49. The quantitative estimate of drug-likeness (QED) is 0.511. The number of aryl methyl sites for hydroxylation is 1. The SMILES string of the molecule is COCOc1cc(C)cc(-n2ncc3cc(N4CCN(C(=O)OC(C)(C)C)CC4)ccc32)c1F. The van der Waals surface area contributed by atoms with Crippen LogP contribution in [0.15, 0.2) is 36.5 Å². The van der Waals surface area contributed by atoms with Crippen molar-refractivity contribution in [2.75, 3.05) is 45.0 Å². The minimum atomic E-state index is -0.507. The zero-order valence-electron chi connectivity index (χ0n) is 20.3. The van der Waals surface area contributed by atoms with E-state index in [0.29, 0.717) is 31.9 Å². The Kier molecular flexibility index (Phi) is 6.65. The van der Waals surface area contributed by atoms with E-state index in [1.165, 1.54) is 7.11 Å². The Morgan fingerprint density at radius 3 is 2.53 bits per heavy atom. The number of fused-ring (bicyclic) bond motifs is 1. The van der Waals surface area contributed by atoms with E-state index in [-0.39, 0.29) is 18.6 Å². The van der Waals surface area contributed by atoms with Gasteiger partial charge in [0.25, 0.3) is 0 Å². The van der Waals surface area contributed by atoms with Crippen LogP contribution in [0.2, 0.25) is 0 Å². The number of carbonyl (C=O) groups is 1. The van der Waals surface area contributed by atoms with Crippen molar-refractivity contribution >= 4 is 22.7 Å². The van der Waals surface area contributed by atoms with Crippen molar-refractivity contribution in [3.63, 3.8) is 0 Å². The van der Waals surface area contributed by atoms with E-state index in [9.17, 15) is 4.79 Å². The molecule has 0 N–H and O–H groups in total. The fourth-order valence-corrected chi connectivity index (χ4v) is 3.98. The Morgan fingerprint density at radius 1 is 1.12 bits per heavy atom. The molecule has 1 aliphatic heterocycles. The maximum atomic E-state index is 15.1. The van der Waals surface area contributed by atoms with Crippen LogP contribution in [-0.4, -0.2) is 66.5 Å². The topological polar surface area (TPSA) is 69.1 Å². The standard InChI is InChI=1S/C25H31FN4O4/c1-17-12-21(23(26)22(13-17)33-16-32-5)30-20-7-6-19(14-18(20)15-27-30)28-8-10-29(11-9-28)24(31)34-25(2,3)4/h6-7,12-15H,8-11,16H2,1-5H3. The molecule has 0 saturated carbocycles. The summed E-state index contributed by atoms with van der Waals surface area (Å²) in [6.07, 6.45) is 1.45. The minimum absolute atomic E-state index is 0.0375. The first-order valence-corrected chi connectivity index (χ1v) is 11.3. The van der Waals surface area contributed by atoms with E-state index in [1.807, 2.05) is 45.9 Å². The third kappa shape index (κ3) is 5.09. The largest absolute Gasteiger partial charge is 0.464 e. The molecule has 2 heterocycles. The highest BCUT2D eigenvalue weighted by Crippen LogP contribution is 2.30. The van der Waals surface area contributed by atoms with Crippen LogP contribution >= 0.6 is 0 Å². The van der Waals surface area contributed by atoms with Crippen LogP contribution in [0, 0.1) is 12.7 Å². The molecule has 1 fully saturated rings. The van der Waals surface area contributed by atoms with E-state index >= 15 is 4.39 Å². The Labute approximate surface area is 198 Å². The van der Waals surface area contributed by atoms with Crippen LogP contribution in [-0.2, 0) is 9.47 Å². The molecule has 2 aromatic carbocycles. The molecule has 8 nitrogen and oxygen atoms in total. The minimum Gasteiger partial charge on any atom is -0.464 e. The third-order valence-corrected chi connectivity index (χ3v) is 5.57. The molecule has 1 aliphatic rings. The number of hydrogen-bond donors (Lipinski definition) is 0. The third-order valence-electron chi connectivity index (χ3n) is 5.57. The number of anilines is 1. The first-order valence-electron chi connectivity index (χ1n) is 11.3. The number of hydrogen-bond acceptors (Lipinski definition) is 6. The number of amides is 1. The predicted molar refractivity (Wildman–Crippen MR) is 128 cm³/mol. The van der Waals surface area contributed by atoms with Gasteiger partial charge in [0.1, 0.15) is 11.3 Å². The molecule has 1 amide bonds. The molecule has 0 bridgehead atoms. The molecule has 0 unspecified atom stereocenters. The molecule has 0 spiro atoms. The monoisotopic (exact) mass is 470 g/mol. The van der Waals surface area contributed by atoms with Crippen LogP contribution < -0.4 is 9.64 Å². The molecule has 182 valence electrons. The van der Waals surface area contributed by atoms with Crippen molar-refractivity contribution in [2.45, 2.75) is 33.3 Å². The van der Waals surface area contributed by atoms with E-state index < -0.39 is 11.4 Å². The molecule has 0 aliphatic carbocycles. The van der Waals surface area contributed by atoms with Crippen molar-refractivity contribution in [2.24, 2.45) is 0 Å². The summed E-state index contributed by atoms with van der Waals surface area (Å²) in [6.45, 7) is 10.0.